The number of methoxy groups -OCH3 is 1. The summed E-state index contributed by atoms with van der Waals surface area (Å²) in [5.41, 5.74) is 1.81. The first kappa shape index (κ1) is 9.65. The summed E-state index contributed by atoms with van der Waals surface area (Å²) in [6.45, 7) is 0. The van der Waals surface area contributed by atoms with Gasteiger partial charge in [-0.2, -0.15) is 0 Å². The topological polar surface area (TPSA) is 39.2 Å². The van der Waals surface area contributed by atoms with Crippen LogP contribution in [0.1, 0.15) is 5.56 Å². The van der Waals surface area contributed by atoms with Gasteiger partial charge in [0.2, 0.25) is 0 Å². The fourth-order valence-corrected chi connectivity index (χ4v) is 1.45. The van der Waals surface area contributed by atoms with Crippen molar-refractivity contribution in [2.45, 2.75) is 6.42 Å². The van der Waals surface area contributed by atoms with Crippen molar-refractivity contribution in [2.24, 2.45) is 0 Å². The molecule has 0 bridgehead atoms. The number of carbonyl (C=O) groups excluding carboxylic acids is 1. The third kappa shape index (κ3) is 2.13. The minimum Gasteiger partial charge on any atom is -0.469 e. The number of hydrogen-bond acceptors (Lipinski definition) is 3. The van der Waals surface area contributed by atoms with Crippen LogP contribution in [-0.2, 0) is 16.0 Å². The number of nitrogens with zero attached hydrogens (tertiary/aromatic N) is 1. The van der Waals surface area contributed by atoms with Gasteiger partial charge in [0.1, 0.15) is 0 Å². The zero-order valence-corrected chi connectivity index (χ0v) is 8.43. The summed E-state index contributed by atoms with van der Waals surface area (Å²) < 4.78 is 4.60. The molecule has 0 aliphatic heterocycles. The van der Waals surface area contributed by atoms with Crippen LogP contribution in [0.5, 0.6) is 0 Å². The third-order valence-electron chi connectivity index (χ3n) is 2.22. The van der Waals surface area contributed by atoms with Crippen LogP contribution in [0.15, 0.2) is 36.5 Å². The van der Waals surface area contributed by atoms with Crippen molar-refractivity contribution in [2.75, 3.05) is 7.11 Å². The quantitative estimate of drug-likeness (QED) is 0.697. The van der Waals surface area contributed by atoms with Crippen molar-refractivity contribution < 1.29 is 9.53 Å². The first-order chi connectivity index (χ1) is 7.29. The number of benzene rings is 1. The van der Waals surface area contributed by atoms with Crippen molar-refractivity contribution in [3.63, 3.8) is 0 Å². The molecular formula is C12H11NO2. The van der Waals surface area contributed by atoms with E-state index in [0.29, 0.717) is 0 Å². The van der Waals surface area contributed by atoms with Gasteiger partial charge in [-0.25, -0.2) is 0 Å². The zero-order valence-electron chi connectivity index (χ0n) is 8.43. The van der Waals surface area contributed by atoms with Gasteiger partial charge in [-0.05, 0) is 17.7 Å². The molecule has 1 aromatic heterocycles. The highest BCUT2D eigenvalue weighted by Gasteiger charge is 2.03. The maximum Gasteiger partial charge on any atom is 0.310 e. The second kappa shape index (κ2) is 4.09. The number of pyridine rings is 1. The third-order valence-corrected chi connectivity index (χ3v) is 2.22. The van der Waals surface area contributed by atoms with Gasteiger partial charge < -0.3 is 4.74 Å². The maximum atomic E-state index is 11.1. The molecule has 0 radical (unpaired) electrons. The number of ether oxygens (including phenoxy) is 1. The minimum absolute atomic E-state index is 0.243. The van der Waals surface area contributed by atoms with E-state index in [1.54, 1.807) is 6.20 Å². The van der Waals surface area contributed by atoms with Gasteiger partial charge >= 0.3 is 5.97 Å². The molecule has 76 valence electrons. The highest BCUT2D eigenvalue weighted by molar-refractivity contribution is 5.80. The van der Waals surface area contributed by atoms with E-state index in [9.17, 15) is 4.79 Å². The Morgan fingerprint density at radius 3 is 3.00 bits per heavy atom. The van der Waals surface area contributed by atoms with Crippen molar-refractivity contribution in [3.05, 3.63) is 42.1 Å². The smallest absolute Gasteiger partial charge is 0.310 e. The Hall–Kier alpha value is -1.90. The molecule has 0 N–H and O–H groups in total. The van der Waals surface area contributed by atoms with Gasteiger partial charge in [0, 0.05) is 11.6 Å². The molecule has 0 fully saturated rings. The SMILES string of the molecule is COC(=O)Cc1cnc2ccccc2c1. The van der Waals surface area contributed by atoms with Gasteiger partial charge in [-0.15, -0.1) is 0 Å². The van der Waals surface area contributed by atoms with Gasteiger partial charge in [0.05, 0.1) is 19.0 Å². The monoisotopic (exact) mass is 201 g/mol. The van der Waals surface area contributed by atoms with Crippen LogP contribution in [0.4, 0.5) is 0 Å². The van der Waals surface area contributed by atoms with Crippen LogP contribution in [-0.4, -0.2) is 18.1 Å². The molecule has 1 aromatic carbocycles. The summed E-state index contributed by atoms with van der Waals surface area (Å²) in [4.78, 5) is 15.3. The van der Waals surface area contributed by atoms with Crippen LogP contribution in [0.3, 0.4) is 0 Å². The largest absolute Gasteiger partial charge is 0.469 e. The van der Waals surface area contributed by atoms with E-state index in [4.69, 9.17) is 0 Å². The highest BCUT2D eigenvalue weighted by atomic mass is 16.5. The molecule has 0 unspecified atom stereocenters. The Balaban J connectivity index is 2.34. The van der Waals surface area contributed by atoms with E-state index in [0.717, 1.165) is 16.5 Å². The summed E-state index contributed by atoms with van der Waals surface area (Å²) in [5, 5.41) is 1.04. The molecule has 2 aromatic rings. The van der Waals surface area contributed by atoms with Gasteiger partial charge in [0.25, 0.3) is 0 Å². The highest BCUT2D eigenvalue weighted by Crippen LogP contribution is 2.13. The molecule has 3 nitrogen and oxygen atoms in total. The minimum atomic E-state index is -0.243. The molecule has 2 rings (SSSR count). The Labute approximate surface area is 87.7 Å². The second-order valence-electron chi connectivity index (χ2n) is 3.29. The average Bonchev–Trinajstić information content (AvgIpc) is 2.29. The fraction of sp³-hybridized carbons (Fsp3) is 0.167. The summed E-state index contributed by atoms with van der Waals surface area (Å²) in [7, 11) is 1.39. The molecule has 0 saturated carbocycles. The van der Waals surface area contributed by atoms with Gasteiger partial charge in [0.15, 0.2) is 0 Å². The number of aromatic nitrogens is 1. The molecule has 0 amide bonds. The molecule has 0 aliphatic carbocycles. The zero-order chi connectivity index (χ0) is 10.7. The summed E-state index contributed by atoms with van der Waals surface area (Å²) in [6, 6.07) is 9.76. The summed E-state index contributed by atoms with van der Waals surface area (Å²) >= 11 is 0. The van der Waals surface area contributed by atoms with Crippen molar-refractivity contribution in [3.8, 4) is 0 Å². The van der Waals surface area contributed by atoms with Crippen LogP contribution in [0, 0.1) is 0 Å². The molecule has 1 heterocycles. The Kier molecular flexibility index (Phi) is 2.63. The lowest BCUT2D eigenvalue weighted by molar-refractivity contribution is -0.139. The van der Waals surface area contributed by atoms with Gasteiger partial charge in [-0.1, -0.05) is 18.2 Å². The van der Waals surface area contributed by atoms with E-state index in [-0.39, 0.29) is 12.4 Å². The number of hydrogen-bond donors (Lipinski definition) is 0. The Morgan fingerprint density at radius 1 is 1.40 bits per heavy atom. The van der Waals surface area contributed by atoms with Crippen molar-refractivity contribution in [1.29, 1.82) is 0 Å². The molecule has 0 saturated heterocycles. The van der Waals surface area contributed by atoms with E-state index < -0.39 is 0 Å². The molecule has 0 spiro atoms. The number of para-hydroxylation sites is 1. The van der Waals surface area contributed by atoms with E-state index in [1.165, 1.54) is 7.11 Å². The molecule has 15 heavy (non-hydrogen) atoms. The first-order valence-corrected chi connectivity index (χ1v) is 4.70. The van der Waals surface area contributed by atoms with Gasteiger partial charge in [-0.3, -0.25) is 9.78 Å². The average molecular weight is 201 g/mol. The number of rotatable bonds is 2. The van der Waals surface area contributed by atoms with Crippen molar-refractivity contribution in [1.82, 2.24) is 4.98 Å². The predicted octanol–water partition coefficient (Wildman–Crippen LogP) is 1.95. The van der Waals surface area contributed by atoms with Crippen molar-refractivity contribution >= 4 is 16.9 Å². The second-order valence-corrected chi connectivity index (χ2v) is 3.29. The lowest BCUT2D eigenvalue weighted by atomic mass is 10.1. The van der Waals surface area contributed by atoms with E-state index in [2.05, 4.69) is 9.72 Å². The lowest BCUT2D eigenvalue weighted by Crippen LogP contribution is -2.04. The summed E-state index contributed by atoms with van der Waals surface area (Å²) in [6.07, 6.45) is 1.98. The van der Waals surface area contributed by atoms with E-state index >= 15 is 0 Å². The molecule has 0 atom stereocenters. The van der Waals surface area contributed by atoms with Crippen LogP contribution in [0.25, 0.3) is 10.9 Å². The normalized spacial score (nSPS) is 10.2. The van der Waals surface area contributed by atoms with Crippen LogP contribution < -0.4 is 0 Å². The van der Waals surface area contributed by atoms with Crippen LogP contribution in [0.2, 0.25) is 0 Å². The Bertz CT molecular complexity index is 494. The number of fused-ring (bicyclic) bond motifs is 1. The molecule has 0 aliphatic rings. The van der Waals surface area contributed by atoms with E-state index in [1.807, 2.05) is 30.3 Å². The number of esters is 1. The van der Waals surface area contributed by atoms with Crippen LogP contribution >= 0.6 is 0 Å². The lowest BCUT2D eigenvalue weighted by Gasteiger charge is -2.01. The standard InChI is InChI=1S/C12H11NO2/c1-15-12(14)7-9-6-10-4-2-3-5-11(10)13-8-9/h2-6,8H,7H2,1H3. The first-order valence-electron chi connectivity index (χ1n) is 4.70. The molecular weight excluding hydrogens is 190 g/mol. The molecule has 3 heteroatoms. The Morgan fingerprint density at radius 2 is 2.20 bits per heavy atom. The summed E-state index contributed by atoms with van der Waals surface area (Å²) in [5.74, 6) is -0.243. The fourth-order valence-electron chi connectivity index (χ4n) is 1.45. The number of carbonyl (C=O) groups is 1. The maximum absolute atomic E-state index is 11.1. The predicted molar refractivity (Wildman–Crippen MR) is 57.5 cm³/mol.